The molecule has 4 nitrogen and oxygen atoms in total. The van der Waals surface area contributed by atoms with Crippen LogP contribution < -0.4 is 4.90 Å². The second kappa shape index (κ2) is 7.08. The molecule has 2 rings (SSSR count). The van der Waals surface area contributed by atoms with Crippen LogP contribution in [0.25, 0.3) is 0 Å². The summed E-state index contributed by atoms with van der Waals surface area (Å²) in [5.74, 6) is 0. The molecule has 96 valence electrons. The molecular weight excluding hydrogens is 238 g/mol. The van der Waals surface area contributed by atoms with E-state index in [1.807, 2.05) is 17.5 Å². The Labute approximate surface area is 106 Å². The molecule has 0 saturated carbocycles. The summed E-state index contributed by atoms with van der Waals surface area (Å²) in [4.78, 5) is 2.61. The van der Waals surface area contributed by atoms with Crippen molar-refractivity contribution in [1.29, 1.82) is 0 Å². The largest absolute Gasteiger partial charge is 0.385 e. The zero-order chi connectivity index (χ0) is 11.9. The molecule has 0 spiro atoms. The molecule has 0 amide bonds. The molecule has 0 unspecified atom stereocenters. The van der Waals surface area contributed by atoms with Crippen LogP contribution in [0.4, 0.5) is 0 Å². The Morgan fingerprint density at radius 3 is 3.00 bits per heavy atom. The highest BCUT2D eigenvalue weighted by molar-refractivity contribution is 7.09. The van der Waals surface area contributed by atoms with E-state index in [1.54, 1.807) is 11.3 Å². The van der Waals surface area contributed by atoms with Gasteiger partial charge in [-0.15, -0.1) is 11.3 Å². The lowest BCUT2D eigenvalue weighted by molar-refractivity contribution is -0.911. The molecule has 0 aromatic carbocycles. The van der Waals surface area contributed by atoms with Crippen LogP contribution in [0.15, 0.2) is 17.5 Å². The molecule has 2 heterocycles. The van der Waals surface area contributed by atoms with Gasteiger partial charge < -0.3 is 19.5 Å². The summed E-state index contributed by atoms with van der Waals surface area (Å²) in [5.41, 5.74) is 0. The Hall–Kier alpha value is -0.460. The Bertz CT molecular complexity index is 299. The van der Waals surface area contributed by atoms with Crippen LogP contribution in [0.1, 0.15) is 4.88 Å². The number of aliphatic hydroxyl groups is 1. The van der Waals surface area contributed by atoms with Crippen molar-refractivity contribution in [2.75, 3.05) is 39.5 Å². The molecule has 1 aromatic rings. The Kier molecular flexibility index (Phi) is 5.41. The summed E-state index contributed by atoms with van der Waals surface area (Å²) in [5, 5.41) is 11.9. The van der Waals surface area contributed by atoms with Crippen LogP contribution in [0.2, 0.25) is 0 Å². The van der Waals surface area contributed by atoms with Gasteiger partial charge in [0.25, 0.3) is 0 Å². The fourth-order valence-corrected chi connectivity index (χ4v) is 2.59. The maximum absolute atomic E-state index is 9.85. The summed E-state index contributed by atoms with van der Waals surface area (Å²) < 4.78 is 10.8. The van der Waals surface area contributed by atoms with Crippen LogP contribution in [0, 0.1) is 0 Å². The third kappa shape index (κ3) is 4.73. The van der Waals surface area contributed by atoms with Gasteiger partial charge in [-0.25, -0.2) is 0 Å². The van der Waals surface area contributed by atoms with Gasteiger partial charge in [-0.1, -0.05) is 6.07 Å². The Balaban J connectivity index is 1.58. The van der Waals surface area contributed by atoms with Crippen molar-refractivity contribution in [2.24, 2.45) is 0 Å². The quantitative estimate of drug-likeness (QED) is 0.726. The van der Waals surface area contributed by atoms with Crippen LogP contribution >= 0.6 is 11.3 Å². The van der Waals surface area contributed by atoms with Crippen molar-refractivity contribution >= 4 is 11.3 Å². The molecule has 1 aromatic heterocycles. The molecule has 1 aliphatic heterocycles. The molecule has 2 N–H and O–H groups in total. The van der Waals surface area contributed by atoms with Gasteiger partial charge in [0.1, 0.15) is 25.7 Å². The maximum atomic E-state index is 9.85. The highest BCUT2D eigenvalue weighted by atomic mass is 32.1. The van der Waals surface area contributed by atoms with Crippen LogP contribution in [-0.2, 0) is 16.1 Å². The number of thiophene rings is 1. The van der Waals surface area contributed by atoms with Crippen molar-refractivity contribution in [3.05, 3.63) is 22.4 Å². The van der Waals surface area contributed by atoms with E-state index < -0.39 is 0 Å². The first-order valence-corrected chi connectivity index (χ1v) is 6.92. The molecule has 0 aliphatic carbocycles. The van der Waals surface area contributed by atoms with Crippen LogP contribution in [0.3, 0.4) is 0 Å². The molecule has 1 saturated heterocycles. The van der Waals surface area contributed by atoms with E-state index in [-0.39, 0.29) is 6.10 Å². The number of aliphatic hydroxyl groups excluding tert-OH is 1. The molecule has 1 atom stereocenters. The number of hydrogen-bond acceptors (Lipinski definition) is 4. The van der Waals surface area contributed by atoms with Gasteiger partial charge in [-0.3, -0.25) is 0 Å². The van der Waals surface area contributed by atoms with E-state index in [1.165, 1.54) is 9.78 Å². The molecule has 5 heteroatoms. The third-order valence-corrected chi connectivity index (χ3v) is 3.71. The highest BCUT2D eigenvalue weighted by Crippen LogP contribution is 2.09. The molecule has 1 fully saturated rings. The Morgan fingerprint density at radius 1 is 1.47 bits per heavy atom. The summed E-state index contributed by atoms with van der Waals surface area (Å²) in [6.07, 6.45) is -0.372. The van der Waals surface area contributed by atoms with Gasteiger partial charge in [-0.2, -0.15) is 0 Å². The summed E-state index contributed by atoms with van der Waals surface area (Å²) in [7, 11) is 0. The van der Waals surface area contributed by atoms with Gasteiger partial charge in [-0.05, 0) is 11.4 Å². The Morgan fingerprint density at radius 2 is 2.29 bits per heavy atom. The normalized spacial score (nSPS) is 19.4. The lowest BCUT2D eigenvalue weighted by Gasteiger charge is -2.25. The van der Waals surface area contributed by atoms with Crippen molar-refractivity contribution in [3.8, 4) is 0 Å². The van der Waals surface area contributed by atoms with E-state index >= 15 is 0 Å². The lowest BCUT2D eigenvalue weighted by Crippen LogP contribution is -3.15. The van der Waals surface area contributed by atoms with E-state index in [9.17, 15) is 5.11 Å². The van der Waals surface area contributed by atoms with E-state index in [4.69, 9.17) is 9.47 Å². The van der Waals surface area contributed by atoms with Gasteiger partial charge in [0.2, 0.25) is 0 Å². The molecule has 1 aliphatic rings. The van der Waals surface area contributed by atoms with E-state index in [2.05, 4.69) is 0 Å². The standard InChI is InChI=1S/C12H19NO3S/c14-11(8-13-3-5-15-6-4-13)9-16-10-12-2-1-7-17-12/h1-2,7,11,14H,3-6,8-10H2/p+1/t11-/m0/s1. The SMILES string of the molecule is O[C@H](COCc1cccs1)C[NH+]1CCOCC1. The topological polar surface area (TPSA) is 43.1 Å². The minimum Gasteiger partial charge on any atom is -0.385 e. The van der Waals surface area contributed by atoms with Crippen LogP contribution in [0.5, 0.6) is 0 Å². The van der Waals surface area contributed by atoms with Crippen LogP contribution in [-0.4, -0.2) is 50.7 Å². The lowest BCUT2D eigenvalue weighted by atomic mass is 10.3. The smallest absolute Gasteiger partial charge is 0.126 e. The number of rotatable bonds is 6. The summed E-state index contributed by atoms with van der Waals surface area (Å²) in [6.45, 7) is 5.36. The van der Waals surface area contributed by atoms with E-state index in [0.29, 0.717) is 13.2 Å². The number of nitrogens with one attached hydrogen (secondary N) is 1. The van der Waals surface area contributed by atoms with Crippen molar-refractivity contribution in [2.45, 2.75) is 12.7 Å². The summed E-state index contributed by atoms with van der Waals surface area (Å²) >= 11 is 1.68. The van der Waals surface area contributed by atoms with Gasteiger partial charge in [0, 0.05) is 4.88 Å². The predicted molar refractivity (Wildman–Crippen MR) is 66.4 cm³/mol. The highest BCUT2D eigenvalue weighted by Gasteiger charge is 2.18. The summed E-state index contributed by atoms with van der Waals surface area (Å²) in [6, 6.07) is 4.06. The monoisotopic (exact) mass is 258 g/mol. The molecule has 17 heavy (non-hydrogen) atoms. The van der Waals surface area contributed by atoms with Crippen molar-refractivity contribution < 1.29 is 19.5 Å². The molecule has 0 radical (unpaired) electrons. The maximum Gasteiger partial charge on any atom is 0.126 e. The second-order valence-electron chi connectivity index (χ2n) is 4.31. The first kappa shape index (κ1) is 13.0. The number of ether oxygens (including phenoxy) is 2. The van der Waals surface area contributed by atoms with Gasteiger partial charge in [0.15, 0.2) is 0 Å². The van der Waals surface area contributed by atoms with E-state index in [0.717, 1.165) is 32.8 Å². The second-order valence-corrected chi connectivity index (χ2v) is 5.35. The third-order valence-electron chi connectivity index (χ3n) is 2.86. The first-order valence-electron chi connectivity index (χ1n) is 6.04. The first-order chi connectivity index (χ1) is 8.34. The fraction of sp³-hybridized carbons (Fsp3) is 0.667. The van der Waals surface area contributed by atoms with Gasteiger partial charge >= 0.3 is 0 Å². The number of quaternary nitrogens is 1. The number of morpholine rings is 1. The average Bonchev–Trinajstić information content (AvgIpc) is 2.83. The van der Waals surface area contributed by atoms with Gasteiger partial charge in [0.05, 0.1) is 26.4 Å². The molecular formula is C12H20NO3S+. The zero-order valence-electron chi connectivity index (χ0n) is 9.93. The minimum absolute atomic E-state index is 0.372. The number of hydrogen-bond donors (Lipinski definition) is 2. The minimum atomic E-state index is -0.372. The molecule has 0 bridgehead atoms. The predicted octanol–water partition coefficient (Wildman–Crippen LogP) is -0.459. The van der Waals surface area contributed by atoms with Crippen molar-refractivity contribution in [1.82, 2.24) is 0 Å². The zero-order valence-corrected chi connectivity index (χ0v) is 10.7. The fourth-order valence-electron chi connectivity index (χ4n) is 1.95. The van der Waals surface area contributed by atoms with Crippen molar-refractivity contribution in [3.63, 3.8) is 0 Å². The average molecular weight is 258 g/mol.